The molecule has 4 atom stereocenters. The van der Waals surface area contributed by atoms with Crippen LogP contribution in [0.4, 0.5) is 0 Å². The molecule has 2 aromatic rings. The minimum absolute atomic E-state index is 0.135. The molecule has 1 aliphatic heterocycles. The number of piperazine rings is 1. The van der Waals surface area contributed by atoms with Gasteiger partial charge in [-0.05, 0) is 35.8 Å². The number of rotatable bonds is 4. The fraction of sp³-hybridized carbons (Fsp3) is 0.417. The largest absolute Gasteiger partial charge is 0.339 e. The van der Waals surface area contributed by atoms with Crippen LogP contribution in [0, 0.1) is 11.8 Å². The highest BCUT2D eigenvalue weighted by Crippen LogP contribution is 2.49. The number of hydrogen-bond acceptors (Lipinski definition) is 2. The van der Waals surface area contributed by atoms with E-state index in [1.165, 1.54) is 11.1 Å². The summed E-state index contributed by atoms with van der Waals surface area (Å²) in [6, 6.07) is 20.7. The van der Waals surface area contributed by atoms with E-state index in [1.54, 1.807) is 0 Å². The van der Waals surface area contributed by atoms with Crippen LogP contribution in [0.2, 0.25) is 0 Å². The van der Waals surface area contributed by atoms with E-state index in [2.05, 4.69) is 24.3 Å². The minimum atomic E-state index is 0.135. The van der Waals surface area contributed by atoms with Crippen LogP contribution in [-0.2, 0) is 9.59 Å². The van der Waals surface area contributed by atoms with Crippen molar-refractivity contribution in [3.63, 3.8) is 0 Å². The normalized spacial score (nSPS) is 28.7. The van der Waals surface area contributed by atoms with Crippen molar-refractivity contribution in [1.82, 2.24) is 9.80 Å². The predicted octanol–water partition coefficient (Wildman–Crippen LogP) is 3.26. The van der Waals surface area contributed by atoms with Crippen molar-refractivity contribution in [2.45, 2.75) is 24.7 Å². The van der Waals surface area contributed by atoms with Gasteiger partial charge in [0.1, 0.15) is 0 Å². The topological polar surface area (TPSA) is 40.6 Å². The van der Waals surface area contributed by atoms with E-state index < -0.39 is 0 Å². The van der Waals surface area contributed by atoms with Crippen molar-refractivity contribution in [2.75, 3.05) is 26.2 Å². The molecule has 0 aromatic heterocycles. The minimum Gasteiger partial charge on any atom is -0.339 e. The number of nitrogens with zero attached hydrogens (tertiary/aromatic N) is 2. The smallest absolute Gasteiger partial charge is 0.226 e. The van der Waals surface area contributed by atoms with Crippen molar-refractivity contribution in [3.8, 4) is 0 Å². The summed E-state index contributed by atoms with van der Waals surface area (Å²) in [6.45, 7) is 2.69. The van der Waals surface area contributed by atoms with E-state index >= 15 is 0 Å². The third-order valence-electron chi connectivity index (χ3n) is 6.57. The van der Waals surface area contributed by atoms with Gasteiger partial charge in [-0.2, -0.15) is 0 Å². The van der Waals surface area contributed by atoms with Crippen LogP contribution in [0.3, 0.4) is 0 Å². The Morgan fingerprint density at radius 3 is 1.32 bits per heavy atom. The van der Waals surface area contributed by atoms with Gasteiger partial charge < -0.3 is 9.80 Å². The second-order valence-corrected chi connectivity index (χ2v) is 8.37. The Morgan fingerprint density at radius 1 is 0.607 bits per heavy atom. The molecule has 4 nitrogen and oxygen atoms in total. The van der Waals surface area contributed by atoms with Gasteiger partial charge in [0.25, 0.3) is 0 Å². The quantitative estimate of drug-likeness (QED) is 0.824. The summed E-state index contributed by atoms with van der Waals surface area (Å²) >= 11 is 0. The summed E-state index contributed by atoms with van der Waals surface area (Å²) in [4.78, 5) is 29.6. The molecule has 1 saturated heterocycles. The zero-order valence-electron chi connectivity index (χ0n) is 16.0. The fourth-order valence-corrected chi connectivity index (χ4v) is 4.69. The summed E-state index contributed by atoms with van der Waals surface area (Å²) < 4.78 is 0. The summed E-state index contributed by atoms with van der Waals surface area (Å²) in [6.07, 6.45) is 1.92. The molecule has 4 heteroatoms. The lowest BCUT2D eigenvalue weighted by atomic mass is 10.1. The highest BCUT2D eigenvalue weighted by molar-refractivity contribution is 5.85. The van der Waals surface area contributed by atoms with Crippen molar-refractivity contribution >= 4 is 11.8 Å². The Hall–Kier alpha value is -2.62. The SMILES string of the molecule is O=C([C@@H]1C[C@@H]1c1ccccc1)N1CCN(C(=O)[C@@H]2C[C@H]2c2ccccc2)CC1. The predicted molar refractivity (Wildman–Crippen MR) is 108 cm³/mol. The van der Waals surface area contributed by atoms with Gasteiger partial charge in [0, 0.05) is 38.0 Å². The van der Waals surface area contributed by atoms with Gasteiger partial charge in [-0.1, -0.05) is 60.7 Å². The third kappa shape index (κ3) is 3.32. The third-order valence-corrected chi connectivity index (χ3v) is 6.57. The van der Waals surface area contributed by atoms with Gasteiger partial charge in [0.15, 0.2) is 0 Å². The average molecular weight is 374 g/mol. The van der Waals surface area contributed by atoms with E-state index in [-0.39, 0.29) is 23.7 Å². The lowest BCUT2D eigenvalue weighted by Gasteiger charge is -2.35. The first-order chi connectivity index (χ1) is 13.7. The second kappa shape index (κ2) is 7.08. The second-order valence-electron chi connectivity index (χ2n) is 8.37. The van der Waals surface area contributed by atoms with Gasteiger partial charge in [-0.15, -0.1) is 0 Å². The monoisotopic (exact) mass is 374 g/mol. The molecule has 3 fully saturated rings. The van der Waals surface area contributed by atoms with E-state index in [0.717, 1.165) is 12.8 Å². The van der Waals surface area contributed by atoms with Gasteiger partial charge in [-0.25, -0.2) is 0 Å². The van der Waals surface area contributed by atoms with Gasteiger partial charge >= 0.3 is 0 Å². The highest BCUT2D eigenvalue weighted by Gasteiger charge is 2.48. The number of hydrogen-bond donors (Lipinski definition) is 0. The fourth-order valence-electron chi connectivity index (χ4n) is 4.69. The molecule has 0 N–H and O–H groups in total. The Bertz CT molecular complexity index is 785. The first kappa shape index (κ1) is 17.5. The van der Waals surface area contributed by atoms with Crippen molar-refractivity contribution in [2.24, 2.45) is 11.8 Å². The summed E-state index contributed by atoms with van der Waals surface area (Å²) in [5, 5.41) is 0. The molecular weight excluding hydrogens is 348 g/mol. The van der Waals surface area contributed by atoms with Crippen LogP contribution in [0.1, 0.15) is 35.8 Å². The maximum atomic E-state index is 12.8. The van der Waals surface area contributed by atoms with Gasteiger partial charge in [-0.3, -0.25) is 9.59 Å². The number of carbonyl (C=O) groups excluding carboxylic acids is 2. The van der Waals surface area contributed by atoms with E-state index in [9.17, 15) is 9.59 Å². The zero-order chi connectivity index (χ0) is 19.1. The number of benzene rings is 2. The van der Waals surface area contributed by atoms with Crippen molar-refractivity contribution in [1.29, 1.82) is 0 Å². The first-order valence-electron chi connectivity index (χ1n) is 10.4. The van der Waals surface area contributed by atoms with Crippen LogP contribution in [0.5, 0.6) is 0 Å². The molecule has 0 unspecified atom stereocenters. The summed E-state index contributed by atoms with van der Waals surface area (Å²) in [7, 11) is 0. The number of carbonyl (C=O) groups is 2. The summed E-state index contributed by atoms with van der Waals surface area (Å²) in [5.41, 5.74) is 2.55. The van der Waals surface area contributed by atoms with Crippen LogP contribution < -0.4 is 0 Å². The lowest BCUT2D eigenvalue weighted by molar-refractivity contribution is -0.141. The molecular formula is C24H26N2O2. The molecule has 3 aliphatic rings. The van der Waals surface area contributed by atoms with Gasteiger partial charge in [0.2, 0.25) is 11.8 Å². The Morgan fingerprint density at radius 2 is 0.964 bits per heavy atom. The van der Waals surface area contributed by atoms with Crippen molar-refractivity contribution in [3.05, 3.63) is 71.8 Å². The number of amides is 2. The van der Waals surface area contributed by atoms with Crippen LogP contribution in [0.25, 0.3) is 0 Å². The van der Waals surface area contributed by atoms with E-state index in [0.29, 0.717) is 38.0 Å². The van der Waals surface area contributed by atoms with Crippen LogP contribution in [0.15, 0.2) is 60.7 Å². The Labute approximate surface area is 166 Å². The van der Waals surface area contributed by atoms with Crippen LogP contribution in [-0.4, -0.2) is 47.8 Å². The standard InChI is InChI=1S/C24H26N2O2/c27-23(21-15-19(21)17-7-3-1-4-8-17)25-11-13-26(14-12-25)24(28)22-16-20(22)18-9-5-2-6-10-18/h1-10,19-22H,11-16H2/t19-,20+,21-,22-/m1/s1. The van der Waals surface area contributed by atoms with E-state index in [4.69, 9.17) is 0 Å². The molecule has 2 aromatic carbocycles. The van der Waals surface area contributed by atoms with Gasteiger partial charge in [0.05, 0.1) is 0 Å². The molecule has 1 heterocycles. The maximum absolute atomic E-state index is 12.8. The average Bonchev–Trinajstić information content (AvgIpc) is 3.68. The van der Waals surface area contributed by atoms with E-state index in [1.807, 2.05) is 46.2 Å². The molecule has 144 valence electrons. The lowest BCUT2D eigenvalue weighted by Crippen LogP contribution is -2.51. The molecule has 5 rings (SSSR count). The molecule has 2 amide bonds. The molecule has 0 radical (unpaired) electrons. The molecule has 0 bridgehead atoms. The zero-order valence-corrected chi connectivity index (χ0v) is 16.0. The molecule has 2 saturated carbocycles. The van der Waals surface area contributed by atoms with Crippen molar-refractivity contribution < 1.29 is 9.59 Å². The van der Waals surface area contributed by atoms with Crippen LogP contribution >= 0.6 is 0 Å². The molecule has 2 aliphatic carbocycles. The summed E-state index contributed by atoms with van der Waals surface area (Å²) in [5.74, 6) is 1.58. The maximum Gasteiger partial charge on any atom is 0.226 e. The molecule has 28 heavy (non-hydrogen) atoms. The Balaban J connectivity index is 1.12. The molecule has 0 spiro atoms. The Kier molecular flexibility index (Phi) is 4.42. The highest BCUT2D eigenvalue weighted by atomic mass is 16.2. The first-order valence-corrected chi connectivity index (χ1v) is 10.4.